The number of nitrogens with one attached hydrogen (secondary N) is 1. The second-order valence-electron chi connectivity index (χ2n) is 13.1. The highest BCUT2D eigenvalue weighted by atomic mass is 32.2. The lowest BCUT2D eigenvalue weighted by Crippen LogP contribution is -2.41. The summed E-state index contributed by atoms with van der Waals surface area (Å²) in [6.07, 6.45) is 10.7. The summed E-state index contributed by atoms with van der Waals surface area (Å²) < 4.78 is 37.7. The Kier molecular flexibility index (Phi) is 7.31. The van der Waals surface area contributed by atoms with Gasteiger partial charge in [-0.2, -0.15) is 5.10 Å². The van der Waals surface area contributed by atoms with E-state index in [1.807, 2.05) is 12.3 Å². The van der Waals surface area contributed by atoms with Crippen LogP contribution in [0.5, 0.6) is 5.88 Å². The monoisotopic (exact) mass is 595 g/mol. The molecule has 11 nitrogen and oxygen atoms in total. The van der Waals surface area contributed by atoms with E-state index in [-0.39, 0.29) is 16.0 Å². The Labute approximate surface area is 247 Å². The van der Waals surface area contributed by atoms with Crippen molar-refractivity contribution in [1.29, 1.82) is 0 Å². The zero-order valence-corrected chi connectivity index (χ0v) is 25.9. The van der Waals surface area contributed by atoms with Crippen LogP contribution < -0.4 is 14.4 Å². The molecule has 1 N–H and O–H groups in total. The third kappa shape index (κ3) is 5.41. The summed E-state index contributed by atoms with van der Waals surface area (Å²) in [6, 6.07) is 5.15. The number of carbonyl (C=O) groups is 1. The number of amides is 1. The van der Waals surface area contributed by atoms with Crippen LogP contribution in [0.4, 0.5) is 5.82 Å². The molecule has 2 bridgehead atoms. The summed E-state index contributed by atoms with van der Waals surface area (Å²) in [6.45, 7) is 9.36. The number of ether oxygens (including phenoxy) is 1. The van der Waals surface area contributed by atoms with Crippen LogP contribution in [0.2, 0.25) is 0 Å². The van der Waals surface area contributed by atoms with Gasteiger partial charge in [0.1, 0.15) is 10.7 Å². The van der Waals surface area contributed by atoms with E-state index in [0.29, 0.717) is 48.2 Å². The molecule has 3 aromatic heterocycles. The molecule has 0 aromatic carbocycles. The minimum absolute atomic E-state index is 0.0371. The largest absolute Gasteiger partial charge is 0.476 e. The molecule has 2 saturated carbocycles. The van der Waals surface area contributed by atoms with Crippen molar-refractivity contribution in [3.63, 3.8) is 0 Å². The average Bonchev–Trinajstić information content (AvgIpc) is 3.65. The molecule has 2 unspecified atom stereocenters. The van der Waals surface area contributed by atoms with Crippen LogP contribution in [-0.2, 0) is 17.1 Å². The average molecular weight is 596 g/mol. The van der Waals surface area contributed by atoms with Crippen molar-refractivity contribution in [1.82, 2.24) is 29.3 Å². The predicted octanol–water partition coefficient (Wildman–Crippen LogP) is 4.26. The lowest BCUT2D eigenvalue weighted by molar-refractivity contribution is 0.0981. The Morgan fingerprint density at radius 1 is 1.12 bits per heavy atom. The van der Waals surface area contributed by atoms with E-state index in [4.69, 9.17) is 9.72 Å². The maximum atomic E-state index is 13.5. The molecule has 3 atom stereocenters. The first-order valence-electron chi connectivity index (χ1n) is 15.0. The van der Waals surface area contributed by atoms with Crippen LogP contribution in [0.1, 0.15) is 75.3 Å². The first kappa shape index (κ1) is 28.7. The molecule has 1 aliphatic heterocycles. The quantitative estimate of drug-likeness (QED) is 0.410. The number of sulfonamides is 1. The molecule has 6 rings (SSSR count). The number of pyridine rings is 1. The summed E-state index contributed by atoms with van der Waals surface area (Å²) in [4.78, 5) is 20.5. The first-order valence-corrected chi connectivity index (χ1v) is 16.4. The van der Waals surface area contributed by atoms with Gasteiger partial charge in [0.25, 0.3) is 15.9 Å². The Morgan fingerprint density at radius 3 is 2.50 bits per heavy atom. The Balaban J connectivity index is 1.27. The third-order valence-electron chi connectivity index (χ3n) is 9.41. The van der Waals surface area contributed by atoms with Gasteiger partial charge in [0.2, 0.25) is 5.88 Å². The molecule has 12 heteroatoms. The number of carbonyl (C=O) groups excluding carboxylic acids is 1. The van der Waals surface area contributed by atoms with Gasteiger partial charge < -0.3 is 9.64 Å². The SMILES string of the molecule is Cc1nn(C)cc1S(=O)(=O)NC(=O)c1ccc(-n2ccc(OCC3C4CCCC3CC4)n2)nc1N1C[C@@H](C)CC1(C)C. The molecule has 0 radical (unpaired) electrons. The summed E-state index contributed by atoms with van der Waals surface area (Å²) in [5.74, 6) is 3.29. The van der Waals surface area contributed by atoms with Crippen molar-refractivity contribution in [2.75, 3.05) is 18.1 Å². The Morgan fingerprint density at radius 2 is 1.86 bits per heavy atom. The van der Waals surface area contributed by atoms with Crippen molar-refractivity contribution < 1.29 is 17.9 Å². The Hall–Kier alpha value is -3.41. The molecule has 1 amide bonds. The lowest BCUT2D eigenvalue weighted by Gasteiger charge is -2.34. The fourth-order valence-electron chi connectivity index (χ4n) is 7.55. The van der Waals surface area contributed by atoms with Crippen LogP contribution in [0.15, 0.2) is 35.5 Å². The van der Waals surface area contributed by atoms with Crippen molar-refractivity contribution in [3.05, 3.63) is 41.9 Å². The second kappa shape index (κ2) is 10.7. The van der Waals surface area contributed by atoms with Gasteiger partial charge in [-0.3, -0.25) is 9.48 Å². The van der Waals surface area contributed by atoms with E-state index in [0.717, 1.165) is 18.3 Å². The van der Waals surface area contributed by atoms with Crippen LogP contribution in [0, 0.1) is 30.6 Å². The second-order valence-corrected chi connectivity index (χ2v) is 14.7. The van der Waals surface area contributed by atoms with Crippen molar-refractivity contribution in [2.45, 2.75) is 76.7 Å². The van der Waals surface area contributed by atoms with Crippen molar-refractivity contribution in [2.24, 2.45) is 30.7 Å². The molecule has 42 heavy (non-hydrogen) atoms. The molecule has 3 aliphatic rings. The summed E-state index contributed by atoms with van der Waals surface area (Å²) in [5, 5.41) is 8.76. The van der Waals surface area contributed by atoms with E-state index in [1.165, 1.54) is 43.0 Å². The van der Waals surface area contributed by atoms with Crippen LogP contribution in [-0.4, -0.2) is 57.6 Å². The number of nitrogens with zero attached hydrogens (tertiary/aromatic N) is 6. The fourth-order valence-corrected chi connectivity index (χ4v) is 8.73. The molecule has 3 aromatic rings. The topological polar surface area (TPSA) is 124 Å². The van der Waals surface area contributed by atoms with E-state index in [1.54, 1.807) is 30.8 Å². The fraction of sp³-hybridized carbons (Fsp3) is 0.600. The molecule has 3 fully saturated rings. The van der Waals surface area contributed by atoms with Gasteiger partial charge in [-0.1, -0.05) is 26.2 Å². The number of aromatic nitrogens is 5. The van der Waals surface area contributed by atoms with Gasteiger partial charge in [0.05, 0.1) is 17.9 Å². The number of anilines is 1. The molecule has 0 spiro atoms. The van der Waals surface area contributed by atoms with Gasteiger partial charge in [0, 0.05) is 37.6 Å². The number of rotatable bonds is 8. The maximum absolute atomic E-state index is 13.5. The van der Waals surface area contributed by atoms with Crippen LogP contribution >= 0.6 is 0 Å². The Bertz CT molecular complexity index is 1580. The van der Waals surface area contributed by atoms with Crippen molar-refractivity contribution in [3.8, 4) is 11.7 Å². The van der Waals surface area contributed by atoms with Crippen LogP contribution in [0.3, 0.4) is 0 Å². The van der Waals surface area contributed by atoms with E-state index < -0.39 is 15.9 Å². The minimum Gasteiger partial charge on any atom is -0.476 e. The molecule has 226 valence electrons. The van der Waals surface area contributed by atoms with Gasteiger partial charge >= 0.3 is 0 Å². The molecule has 4 heterocycles. The normalized spacial score (nSPS) is 25.1. The summed E-state index contributed by atoms with van der Waals surface area (Å²) >= 11 is 0. The smallest absolute Gasteiger partial charge is 0.268 e. The molecule has 2 aliphatic carbocycles. The van der Waals surface area contributed by atoms with Gasteiger partial charge in [0.15, 0.2) is 5.82 Å². The highest BCUT2D eigenvalue weighted by Crippen LogP contribution is 2.46. The van der Waals surface area contributed by atoms with Crippen molar-refractivity contribution >= 4 is 21.7 Å². The minimum atomic E-state index is -4.14. The van der Waals surface area contributed by atoms with Gasteiger partial charge in [-0.15, -0.1) is 5.10 Å². The molecule has 1 saturated heterocycles. The van der Waals surface area contributed by atoms with E-state index in [9.17, 15) is 13.2 Å². The zero-order chi connectivity index (χ0) is 29.8. The number of hydrogen-bond donors (Lipinski definition) is 1. The molecular weight excluding hydrogens is 554 g/mol. The van der Waals surface area contributed by atoms with Gasteiger partial charge in [-0.05, 0) is 75.8 Å². The maximum Gasteiger partial charge on any atom is 0.268 e. The zero-order valence-electron chi connectivity index (χ0n) is 25.1. The number of fused-ring (bicyclic) bond motifs is 2. The summed E-state index contributed by atoms with van der Waals surface area (Å²) in [7, 11) is -2.50. The number of aryl methyl sites for hydroxylation is 2. The highest BCUT2D eigenvalue weighted by Gasteiger charge is 2.40. The summed E-state index contributed by atoms with van der Waals surface area (Å²) in [5.41, 5.74) is 0.215. The number of hydrogen-bond acceptors (Lipinski definition) is 8. The molecular formula is C30H41N7O4S. The highest BCUT2D eigenvalue weighted by molar-refractivity contribution is 7.90. The van der Waals surface area contributed by atoms with E-state index >= 15 is 0 Å². The third-order valence-corrected chi connectivity index (χ3v) is 10.8. The predicted molar refractivity (Wildman–Crippen MR) is 158 cm³/mol. The van der Waals surface area contributed by atoms with Gasteiger partial charge in [-0.25, -0.2) is 22.8 Å². The standard InChI is InChI=1S/C30H41N7O4S/c1-19-15-30(3,4)36(16-19)28-23(29(38)34-42(39,40)25-17-35(5)32-20(25)2)11-12-26(31-28)37-14-13-27(33-37)41-18-24-21-7-6-8-22(24)10-9-21/h11-14,17,19,21-22,24H,6-10,15-16,18H2,1-5H3,(H,34,38)/t19-,21?,22?,24?/m0/s1. The van der Waals surface area contributed by atoms with Crippen LogP contribution in [0.25, 0.3) is 5.82 Å². The van der Waals surface area contributed by atoms with E-state index in [2.05, 4.69) is 40.6 Å². The lowest BCUT2D eigenvalue weighted by atomic mass is 9.79. The first-order chi connectivity index (χ1) is 19.9.